The van der Waals surface area contributed by atoms with Crippen LogP contribution in [0.4, 0.5) is 11.6 Å². The van der Waals surface area contributed by atoms with Crippen molar-refractivity contribution in [1.82, 2.24) is 14.8 Å². The Labute approximate surface area is 284 Å². The molecule has 0 fully saturated rings. The van der Waals surface area contributed by atoms with Crippen LogP contribution >= 0.6 is 50.9 Å². The minimum atomic E-state index is -0.644. The molecule has 0 aliphatic carbocycles. The number of hydrogen-bond donors (Lipinski definition) is 2. The highest BCUT2D eigenvalue weighted by Gasteiger charge is 2.36. The molecular formula is C32H32BrCl2N5O4S. The van der Waals surface area contributed by atoms with Crippen molar-refractivity contribution in [3.63, 3.8) is 0 Å². The third-order valence-electron chi connectivity index (χ3n) is 6.82. The number of nitrogens with one attached hydrogen (secondary N) is 2. The van der Waals surface area contributed by atoms with Gasteiger partial charge in [0, 0.05) is 21.3 Å². The van der Waals surface area contributed by atoms with Gasteiger partial charge < -0.3 is 24.8 Å². The number of para-hydroxylation sites is 2. The first-order valence-corrected chi connectivity index (χ1v) is 16.9. The van der Waals surface area contributed by atoms with Crippen LogP contribution in [0.5, 0.6) is 17.2 Å². The van der Waals surface area contributed by atoms with E-state index in [9.17, 15) is 4.79 Å². The zero-order valence-corrected chi connectivity index (χ0v) is 29.0. The Bertz CT molecular complexity index is 1750. The van der Waals surface area contributed by atoms with E-state index in [0.717, 1.165) is 16.9 Å². The molecule has 0 bridgehead atoms. The number of fused-ring (bicyclic) bond motifs is 1. The van der Waals surface area contributed by atoms with E-state index in [1.54, 1.807) is 16.8 Å². The molecule has 3 aromatic carbocycles. The maximum Gasteiger partial charge on any atom is 0.255 e. The summed E-state index contributed by atoms with van der Waals surface area (Å²) in [6, 6.07) is 15.7. The zero-order valence-electron chi connectivity index (χ0n) is 25.1. The molecule has 9 nitrogen and oxygen atoms in total. The first-order valence-electron chi connectivity index (χ1n) is 14.4. The number of ether oxygens (including phenoxy) is 3. The van der Waals surface area contributed by atoms with E-state index in [-0.39, 0.29) is 12.5 Å². The van der Waals surface area contributed by atoms with E-state index in [1.807, 2.05) is 70.2 Å². The highest BCUT2D eigenvalue weighted by atomic mass is 79.9. The molecule has 45 heavy (non-hydrogen) atoms. The molecular weight excluding hydrogens is 701 g/mol. The number of benzene rings is 3. The van der Waals surface area contributed by atoms with Gasteiger partial charge in [0.2, 0.25) is 11.1 Å². The second kappa shape index (κ2) is 14.8. The molecule has 1 aromatic heterocycles. The molecule has 2 heterocycles. The lowest BCUT2D eigenvalue weighted by atomic mass is 9.94. The molecule has 1 aliphatic heterocycles. The largest absolute Gasteiger partial charge is 0.492 e. The van der Waals surface area contributed by atoms with Crippen LogP contribution in [-0.2, 0) is 11.4 Å². The number of nitrogens with zero attached hydrogens (tertiary/aromatic N) is 3. The summed E-state index contributed by atoms with van der Waals surface area (Å²) in [7, 11) is 0. The smallest absolute Gasteiger partial charge is 0.255 e. The van der Waals surface area contributed by atoms with Crippen molar-refractivity contribution in [3.05, 3.63) is 91.5 Å². The Kier molecular flexibility index (Phi) is 10.9. The van der Waals surface area contributed by atoms with E-state index >= 15 is 0 Å². The topological polar surface area (TPSA) is 99.5 Å². The maximum atomic E-state index is 14.1. The van der Waals surface area contributed by atoms with Gasteiger partial charge in [0.25, 0.3) is 5.91 Å². The first kappa shape index (κ1) is 33.0. The summed E-state index contributed by atoms with van der Waals surface area (Å²) >= 11 is 17.7. The van der Waals surface area contributed by atoms with E-state index in [4.69, 9.17) is 42.5 Å². The molecule has 0 saturated carbocycles. The fraction of sp³-hybridized carbons (Fsp3) is 0.281. The van der Waals surface area contributed by atoms with Gasteiger partial charge in [0.05, 0.1) is 28.9 Å². The van der Waals surface area contributed by atoms with Crippen molar-refractivity contribution in [3.8, 4) is 17.2 Å². The fourth-order valence-corrected chi connectivity index (χ4v) is 6.49. The molecule has 4 aromatic rings. The maximum absolute atomic E-state index is 14.1. The van der Waals surface area contributed by atoms with E-state index < -0.39 is 6.04 Å². The van der Waals surface area contributed by atoms with Crippen LogP contribution in [-0.4, -0.2) is 39.6 Å². The van der Waals surface area contributed by atoms with Gasteiger partial charge in [-0.3, -0.25) is 4.79 Å². The van der Waals surface area contributed by atoms with Crippen molar-refractivity contribution in [2.75, 3.05) is 29.6 Å². The predicted octanol–water partition coefficient (Wildman–Crippen LogP) is 8.76. The van der Waals surface area contributed by atoms with Gasteiger partial charge >= 0.3 is 0 Å². The van der Waals surface area contributed by atoms with E-state index in [1.165, 1.54) is 11.8 Å². The Morgan fingerprint density at radius 2 is 1.80 bits per heavy atom. The first-order chi connectivity index (χ1) is 21.7. The summed E-state index contributed by atoms with van der Waals surface area (Å²) in [6.45, 7) is 8.73. The van der Waals surface area contributed by atoms with Gasteiger partial charge in [-0.05, 0) is 84.4 Å². The number of anilines is 2. The molecule has 0 radical (unpaired) electrons. The average Bonchev–Trinajstić information content (AvgIpc) is 3.40. The SMILES string of the molecule is CCOc1ccccc1NC(=O)C1=C(C)Nc2nc(SCC)nn2C1c1cc(Br)c(OCc2ccc(Cl)cc2Cl)c(OCC)c1. The number of carbonyl (C=O) groups excluding carboxylic acids is 1. The summed E-state index contributed by atoms with van der Waals surface area (Å²) in [5.74, 6) is 2.60. The van der Waals surface area contributed by atoms with Gasteiger partial charge in [0.15, 0.2) is 11.5 Å². The van der Waals surface area contributed by atoms with Crippen LogP contribution < -0.4 is 24.8 Å². The fourth-order valence-electron chi connectivity index (χ4n) is 4.90. The van der Waals surface area contributed by atoms with Crippen LogP contribution in [0, 0.1) is 0 Å². The molecule has 1 atom stereocenters. The van der Waals surface area contributed by atoms with Crippen molar-refractivity contribution >= 4 is 68.4 Å². The quantitative estimate of drug-likeness (QED) is 0.140. The summed E-state index contributed by atoms with van der Waals surface area (Å²) in [5.41, 5.74) is 3.19. The zero-order chi connectivity index (χ0) is 32.1. The molecule has 236 valence electrons. The van der Waals surface area contributed by atoms with Gasteiger partial charge in [0.1, 0.15) is 18.4 Å². The monoisotopic (exact) mass is 731 g/mol. The molecule has 0 saturated heterocycles. The lowest BCUT2D eigenvalue weighted by Crippen LogP contribution is -2.31. The molecule has 0 spiro atoms. The second-order valence-corrected chi connectivity index (χ2v) is 12.8. The van der Waals surface area contributed by atoms with Gasteiger partial charge in [-0.2, -0.15) is 4.98 Å². The molecule has 2 N–H and O–H groups in total. The van der Waals surface area contributed by atoms with Crippen LogP contribution in [0.3, 0.4) is 0 Å². The lowest BCUT2D eigenvalue weighted by molar-refractivity contribution is -0.113. The van der Waals surface area contributed by atoms with Crippen molar-refractivity contribution in [2.24, 2.45) is 0 Å². The second-order valence-electron chi connectivity index (χ2n) is 9.83. The summed E-state index contributed by atoms with van der Waals surface area (Å²) < 4.78 is 20.4. The molecule has 1 amide bonds. The number of halogens is 3. The van der Waals surface area contributed by atoms with Gasteiger partial charge in [-0.15, -0.1) is 5.10 Å². The van der Waals surface area contributed by atoms with Crippen molar-refractivity contribution < 1.29 is 19.0 Å². The Morgan fingerprint density at radius 1 is 1.04 bits per heavy atom. The summed E-state index contributed by atoms with van der Waals surface area (Å²) in [6.07, 6.45) is 0. The minimum absolute atomic E-state index is 0.193. The summed E-state index contributed by atoms with van der Waals surface area (Å²) in [4.78, 5) is 18.8. The number of carbonyl (C=O) groups is 1. The van der Waals surface area contributed by atoms with Gasteiger partial charge in [-0.25, -0.2) is 4.68 Å². The van der Waals surface area contributed by atoms with Crippen molar-refractivity contribution in [1.29, 1.82) is 0 Å². The average molecular weight is 734 g/mol. The molecule has 1 unspecified atom stereocenters. The number of rotatable bonds is 12. The Hall–Kier alpha value is -3.38. The highest BCUT2D eigenvalue weighted by Crippen LogP contribution is 2.44. The summed E-state index contributed by atoms with van der Waals surface area (Å²) in [5, 5.41) is 12.8. The number of thioether (sulfide) groups is 1. The number of hydrogen-bond acceptors (Lipinski definition) is 8. The predicted molar refractivity (Wildman–Crippen MR) is 183 cm³/mol. The van der Waals surface area contributed by atoms with Crippen LogP contribution in [0.15, 0.2) is 75.5 Å². The standard InChI is InChI=1S/C32H32BrCl2N5O4S/c1-5-42-25-11-9-8-10-24(25)37-30(41)27-18(4)36-31-38-32(45-7-3)39-40(31)28(27)20-14-22(33)29(26(15-20)43-6-2)44-17-19-12-13-21(34)16-23(19)35/h8-16,28H,5-7,17H2,1-4H3,(H,37,41)(H,36,38,39). The van der Waals surface area contributed by atoms with E-state index in [2.05, 4.69) is 31.5 Å². The third kappa shape index (κ3) is 7.38. The van der Waals surface area contributed by atoms with Crippen LogP contribution in [0.2, 0.25) is 10.0 Å². The third-order valence-corrected chi connectivity index (χ3v) is 8.72. The van der Waals surface area contributed by atoms with Gasteiger partial charge in [-0.1, -0.05) is 60.1 Å². The number of amides is 1. The van der Waals surface area contributed by atoms with Crippen molar-refractivity contribution in [2.45, 2.75) is 45.5 Å². The van der Waals surface area contributed by atoms with E-state index in [0.29, 0.717) is 73.0 Å². The van der Waals surface area contributed by atoms with Crippen LogP contribution in [0.25, 0.3) is 0 Å². The number of allylic oxidation sites excluding steroid dienone is 1. The molecule has 1 aliphatic rings. The Morgan fingerprint density at radius 3 is 2.53 bits per heavy atom. The molecule has 13 heteroatoms. The highest BCUT2D eigenvalue weighted by molar-refractivity contribution is 9.10. The minimum Gasteiger partial charge on any atom is -0.492 e. The lowest BCUT2D eigenvalue weighted by Gasteiger charge is -2.29. The molecule has 5 rings (SSSR count). The normalized spacial score (nSPS) is 14.1. The Balaban J connectivity index is 1.57. The number of aromatic nitrogens is 3. The van der Waals surface area contributed by atoms with Crippen LogP contribution in [0.1, 0.15) is 44.9 Å².